The molecule has 0 radical (unpaired) electrons. The van der Waals surface area contributed by atoms with Crippen LogP contribution in [0.25, 0.3) is 0 Å². The van der Waals surface area contributed by atoms with Crippen LogP contribution in [0.2, 0.25) is 0 Å². The van der Waals surface area contributed by atoms with Crippen LogP contribution in [0.5, 0.6) is 0 Å². The molecule has 2 aliphatic heterocycles. The highest BCUT2D eigenvalue weighted by Crippen LogP contribution is 2.34. The average molecular weight is 421 g/mol. The van der Waals surface area contributed by atoms with E-state index in [1.807, 2.05) is 0 Å². The van der Waals surface area contributed by atoms with Crippen molar-refractivity contribution in [3.05, 3.63) is 21.9 Å². The lowest BCUT2D eigenvalue weighted by Crippen LogP contribution is -2.47. The number of rotatable bonds is 4. The predicted molar refractivity (Wildman–Crippen MR) is 98.7 cm³/mol. The van der Waals surface area contributed by atoms with Gasteiger partial charge < -0.3 is 15.4 Å². The zero-order chi connectivity index (χ0) is 13.9. The van der Waals surface area contributed by atoms with Crippen LogP contribution >= 0.6 is 35.3 Å². The van der Waals surface area contributed by atoms with Crippen molar-refractivity contribution in [3.63, 3.8) is 0 Å². The summed E-state index contributed by atoms with van der Waals surface area (Å²) in [4.78, 5) is 6.05. The maximum absolute atomic E-state index is 5.89. The first-order valence-electron chi connectivity index (χ1n) is 7.49. The van der Waals surface area contributed by atoms with Crippen LogP contribution in [0, 0.1) is 6.92 Å². The number of hydrogen-bond acceptors (Lipinski definition) is 3. The number of ether oxygens (including phenoxy) is 1. The third-order valence-corrected chi connectivity index (χ3v) is 5.13. The average Bonchev–Trinajstić information content (AvgIpc) is 3.13. The molecule has 3 atom stereocenters. The first kappa shape index (κ1) is 17.0. The van der Waals surface area contributed by atoms with Crippen molar-refractivity contribution >= 4 is 41.3 Å². The molecule has 3 unspecified atom stereocenters. The highest BCUT2D eigenvalue weighted by molar-refractivity contribution is 14.0. The summed E-state index contributed by atoms with van der Waals surface area (Å²) in [6.07, 6.45) is 4.39. The smallest absolute Gasteiger partial charge is 0.191 e. The molecule has 21 heavy (non-hydrogen) atoms. The van der Waals surface area contributed by atoms with E-state index in [1.54, 1.807) is 11.3 Å². The lowest BCUT2D eigenvalue weighted by Gasteiger charge is -2.22. The summed E-state index contributed by atoms with van der Waals surface area (Å²) in [5.74, 6) is 0.918. The molecular formula is C15H24IN3OS. The number of nitrogens with one attached hydrogen (secondary N) is 2. The van der Waals surface area contributed by atoms with Gasteiger partial charge in [0, 0.05) is 11.4 Å². The van der Waals surface area contributed by atoms with E-state index in [0.29, 0.717) is 18.2 Å². The van der Waals surface area contributed by atoms with Gasteiger partial charge in [0.25, 0.3) is 0 Å². The Bertz CT molecular complexity index is 491. The molecule has 4 nitrogen and oxygen atoms in total. The van der Waals surface area contributed by atoms with Crippen molar-refractivity contribution in [2.75, 3.05) is 6.54 Å². The third kappa shape index (κ3) is 4.10. The first-order chi connectivity index (χ1) is 9.76. The summed E-state index contributed by atoms with van der Waals surface area (Å²) in [5.41, 5.74) is 1.33. The topological polar surface area (TPSA) is 45.7 Å². The van der Waals surface area contributed by atoms with Gasteiger partial charge in [-0.3, -0.25) is 0 Å². The number of nitrogens with zero attached hydrogens (tertiary/aromatic N) is 1. The van der Waals surface area contributed by atoms with E-state index >= 15 is 0 Å². The summed E-state index contributed by atoms with van der Waals surface area (Å²) in [5, 5.41) is 9.02. The Morgan fingerprint density at radius 2 is 2.33 bits per heavy atom. The Morgan fingerprint density at radius 1 is 1.48 bits per heavy atom. The Labute approximate surface area is 147 Å². The number of aliphatic imine (C=N–C) groups is 1. The van der Waals surface area contributed by atoms with Crippen LogP contribution in [0.4, 0.5) is 0 Å². The molecule has 0 spiro atoms. The molecule has 3 rings (SSSR count). The van der Waals surface area contributed by atoms with Crippen molar-refractivity contribution < 1.29 is 4.74 Å². The van der Waals surface area contributed by atoms with Crippen LogP contribution in [-0.4, -0.2) is 30.8 Å². The van der Waals surface area contributed by atoms with Crippen molar-refractivity contribution in [3.8, 4) is 0 Å². The molecule has 0 aromatic carbocycles. The number of thiophene rings is 1. The Hall–Kier alpha value is -0.340. The van der Waals surface area contributed by atoms with Crippen LogP contribution in [0.3, 0.4) is 0 Å². The molecule has 1 aromatic heterocycles. The molecular weight excluding hydrogens is 397 g/mol. The fourth-order valence-corrected chi connectivity index (χ4v) is 3.83. The minimum absolute atomic E-state index is 0. The quantitative estimate of drug-likeness (QED) is 0.446. The van der Waals surface area contributed by atoms with Gasteiger partial charge in [-0.05, 0) is 50.1 Å². The van der Waals surface area contributed by atoms with Crippen molar-refractivity contribution in [2.45, 2.75) is 57.9 Å². The minimum atomic E-state index is 0. The van der Waals surface area contributed by atoms with Crippen LogP contribution in [-0.2, 0) is 11.3 Å². The van der Waals surface area contributed by atoms with E-state index in [2.05, 4.69) is 35.9 Å². The van der Waals surface area contributed by atoms with Gasteiger partial charge in [0.15, 0.2) is 5.96 Å². The van der Waals surface area contributed by atoms with E-state index in [9.17, 15) is 0 Å². The molecule has 0 amide bonds. The molecule has 3 heterocycles. The number of guanidine groups is 1. The van der Waals surface area contributed by atoms with Crippen LogP contribution in [0.15, 0.2) is 16.4 Å². The number of fused-ring (bicyclic) bond motifs is 2. The van der Waals surface area contributed by atoms with Crippen LogP contribution in [0.1, 0.15) is 36.6 Å². The van der Waals surface area contributed by atoms with Gasteiger partial charge in [-0.2, -0.15) is 0 Å². The minimum Gasteiger partial charge on any atom is -0.373 e. The van der Waals surface area contributed by atoms with E-state index in [0.717, 1.165) is 25.5 Å². The normalized spacial score (nSPS) is 27.5. The molecule has 2 N–H and O–H groups in total. The van der Waals surface area contributed by atoms with E-state index in [-0.39, 0.29) is 24.0 Å². The van der Waals surface area contributed by atoms with Crippen molar-refractivity contribution in [2.24, 2.45) is 4.99 Å². The second-order valence-corrected chi connectivity index (χ2v) is 6.58. The van der Waals surface area contributed by atoms with E-state index in [1.165, 1.54) is 23.3 Å². The maximum Gasteiger partial charge on any atom is 0.191 e. The van der Waals surface area contributed by atoms with Gasteiger partial charge in [-0.1, -0.05) is 0 Å². The van der Waals surface area contributed by atoms with Gasteiger partial charge in [0.05, 0.1) is 24.8 Å². The van der Waals surface area contributed by atoms with Gasteiger partial charge in [0.1, 0.15) is 0 Å². The fourth-order valence-electron chi connectivity index (χ4n) is 3.00. The fraction of sp³-hybridized carbons (Fsp3) is 0.667. The van der Waals surface area contributed by atoms with E-state index in [4.69, 9.17) is 9.73 Å². The summed E-state index contributed by atoms with van der Waals surface area (Å²) in [6.45, 7) is 5.88. The molecule has 0 aliphatic carbocycles. The monoisotopic (exact) mass is 421 g/mol. The lowest BCUT2D eigenvalue weighted by molar-refractivity contribution is 0.0992. The maximum atomic E-state index is 5.89. The molecule has 0 saturated carbocycles. The van der Waals surface area contributed by atoms with Crippen molar-refractivity contribution in [1.82, 2.24) is 10.6 Å². The first-order valence-corrected chi connectivity index (χ1v) is 8.37. The highest BCUT2D eigenvalue weighted by atomic mass is 127. The molecule has 118 valence electrons. The van der Waals surface area contributed by atoms with Gasteiger partial charge in [0.2, 0.25) is 0 Å². The van der Waals surface area contributed by atoms with E-state index < -0.39 is 0 Å². The Kier molecular flexibility index (Phi) is 6.31. The molecule has 2 saturated heterocycles. The van der Waals surface area contributed by atoms with Gasteiger partial charge >= 0.3 is 0 Å². The summed E-state index contributed by atoms with van der Waals surface area (Å²) < 4.78 is 5.89. The number of halogens is 1. The lowest BCUT2D eigenvalue weighted by atomic mass is 9.96. The standard InChI is InChI=1S/C15H23N3OS.HI/c1-3-16-15(17-9-14-10(2)6-7-20-14)18-12-8-11-4-5-13(12)19-11;/h6-7,11-13H,3-5,8-9H2,1-2H3,(H2,16,17,18);1H. The van der Waals surface area contributed by atoms with Crippen LogP contribution < -0.4 is 10.6 Å². The Balaban J connectivity index is 0.00000161. The second kappa shape index (κ2) is 7.78. The van der Waals surface area contributed by atoms with Crippen molar-refractivity contribution in [1.29, 1.82) is 0 Å². The molecule has 2 aliphatic rings. The van der Waals surface area contributed by atoms with Gasteiger partial charge in [-0.25, -0.2) is 4.99 Å². The molecule has 1 aromatic rings. The SMILES string of the molecule is CCNC(=NCc1sccc1C)NC1CC2CCC1O2.I. The third-order valence-electron chi connectivity index (χ3n) is 4.12. The predicted octanol–water partition coefficient (Wildman–Crippen LogP) is 3.05. The summed E-state index contributed by atoms with van der Waals surface area (Å²) >= 11 is 1.78. The number of aryl methyl sites for hydroxylation is 1. The largest absolute Gasteiger partial charge is 0.373 e. The zero-order valence-electron chi connectivity index (χ0n) is 12.6. The van der Waals surface area contributed by atoms with Gasteiger partial charge in [-0.15, -0.1) is 35.3 Å². The summed E-state index contributed by atoms with van der Waals surface area (Å²) in [7, 11) is 0. The highest BCUT2D eigenvalue weighted by Gasteiger charge is 2.41. The second-order valence-electron chi connectivity index (χ2n) is 5.58. The molecule has 2 bridgehead atoms. The number of hydrogen-bond donors (Lipinski definition) is 2. The Morgan fingerprint density at radius 3 is 2.90 bits per heavy atom. The zero-order valence-corrected chi connectivity index (χ0v) is 15.7. The molecule has 6 heteroatoms. The molecule has 2 fully saturated rings. The summed E-state index contributed by atoms with van der Waals surface area (Å²) in [6, 6.07) is 2.58.